The van der Waals surface area contributed by atoms with Crippen molar-refractivity contribution >= 4 is 6.08 Å². The van der Waals surface area contributed by atoms with Crippen LogP contribution in [-0.4, -0.2) is 0 Å². The summed E-state index contributed by atoms with van der Waals surface area (Å²) in [6, 6.07) is 11.1. The van der Waals surface area contributed by atoms with Crippen molar-refractivity contribution in [2.24, 2.45) is 13.0 Å². The largest absolute Gasteiger partial charge is 0.212 e. The van der Waals surface area contributed by atoms with Gasteiger partial charge in [0.1, 0.15) is 7.05 Å². The van der Waals surface area contributed by atoms with Crippen LogP contribution in [0.1, 0.15) is 29.0 Å². The maximum atomic E-state index is 2.41. The molecule has 0 aliphatic heterocycles. The summed E-state index contributed by atoms with van der Waals surface area (Å²) in [6.45, 7) is 2.19. The summed E-state index contributed by atoms with van der Waals surface area (Å²) >= 11 is 0. The smallest absolute Gasteiger partial charge is 0.200 e. The standard InChI is InChI=1S/C18H18N/c1-12-5-3-4-6-15(12)18-10-17-14(11-19(18)2)8-7-13-9-16(13)17/h3-8,10-11,13,16H,9H2,1-2H3/q+1. The van der Waals surface area contributed by atoms with Gasteiger partial charge in [-0.25, -0.2) is 4.57 Å². The number of rotatable bonds is 1. The number of benzene rings is 1. The second kappa shape index (κ2) is 3.80. The van der Waals surface area contributed by atoms with Crippen LogP contribution in [0.25, 0.3) is 17.3 Å². The predicted molar refractivity (Wildman–Crippen MR) is 77.7 cm³/mol. The van der Waals surface area contributed by atoms with Crippen LogP contribution >= 0.6 is 0 Å². The summed E-state index contributed by atoms with van der Waals surface area (Å²) in [7, 11) is 2.15. The Morgan fingerprint density at radius 3 is 2.89 bits per heavy atom. The van der Waals surface area contributed by atoms with Crippen molar-refractivity contribution in [3.8, 4) is 11.3 Å². The Bertz CT molecular complexity index is 697. The van der Waals surface area contributed by atoms with E-state index in [-0.39, 0.29) is 0 Å². The lowest BCUT2D eigenvalue weighted by atomic mass is 9.95. The maximum absolute atomic E-state index is 2.41. The Morgan fingerprint density at radius 2 is 2.05 bits per heavy atom. The second-order valence-electron chi connectivity index (χ2n) is 5.86. The molecule has 0 spiro atoms. The van der Waals surface area contributed by atoms with Gasteiger partial charge in [-0.05, 0) is 42.4 Å². The first-order valence-corrected chi connectivity index (χ1v) is 7.02. The normalized spacial score (nSPS) is 22.8. The zero-order valence-electron chi connectivity index (χ0n) is 11.4. The lowest BCUT2D eigenvalue weighted by Gasteiger charge is -2.11. The summed E-state index contributed by atoms with van der Waals surface area (Å²) in [5.41, 5.74) is 6.97. The summed E-state index contributed by atoms with van der Waals surface area (Å²) in [5.74, 6) is 1.59. The van der Waals surface area contributed by atoms with Gasteiger partial charge in [0, 0.05) is 17.2 Å². The fourth-order valence-electron chi connectivity index (χ4n) is 3.29. The Hall–Kier alpha value is -1.89. The molecule has 1 aromatic carbocycles. The van der Waals surface area contributed by atoms with E-state index in [1.54, 1.807) is 5.56 Å². The van der Waals surface area contributed by atoms with E-state index >= 15 is 0 Å². The van der Waals surface area contributed by atoms with Gasteiger partial charge in [-0.2, -0.15) is 0 Å². The molecule has 0 radical (unpaired) electrons. The molecule has 0 bridgehead atoms. The van der Waals surface area contributed by atoms with Gasteiger partial charge in [0.05, 0.1) is 0 Å². The molecule has 4 rings (SSSR count). The van der Waals surface area contributed by atoms with E-state index in [9.17, 15) is 0 Å². The van der Waals surface area contributed by atoms with Gasteiger partial charge < -0.3 is 0 Å². The number of aromatic nitrogens is 1. The molecule has 2 aromatic rings. The molecule has 1 heterocycles. The van der Waals surface area contributed by atoms with Gasteiger partial charge in [0.25, 0.3) is 0 Å². The molecule has 19 heavy (non-hydrogen) atoms. The third-order valence-corrected chi connectivity index (χ3v) is 4.52. The van der Waals surface area contributed by atoms with Crippen molar-refractivity contribution < 1.29 is 4.57 Å². The van der Waals surface area contributed by atoms with Gasteiger partial charge in [0.15, 0.2) is 6.20 Å². The molecule has 0 amide bonds. The number of hydrogen-bond acceptors (Lipinski definition) is 0. The zero-order valence-corrected chi connectivity index (χ0v) is 11.4. The molecule has 0 N–H and O–H groups in total. The number of fused-ring (bicyclic) bond motifs is 3. The van der Waals surface area contributed by atoms with E-state index in [1.807, 2.05) is 0 Å². The monoisotopic (exact) mass is 248 g/mol. The highest BCUT2D eigenvalue weighted by molar-refractivity contribution is 5.66. The molecule has 2 atom stereocenters. The summed E-state index contributed by atoms with van der Waals surface area (Å²) in [6.07, 6.45) is 8.29. The van der Waals surface area contributed by atoms with Crippen molar-refractivity contribution in [2.75, 3.05) is 0 Å². The molecule has 0 saturated heterocycles. The third kappa shape index (κ3) is 1.65. The summed E-state index contributed by atoms with van der Waals surface area (Å²) < 4.78 is 2.26. The summed E-state index contributed by atoms with van der Waals surface area (Å²) in [4.78, 5) is 0. The highest BCUT2D eigenvalue weighted by Crippen LogP contribution is 2.52. The minimum atomic E-state index is 0.781. The number of aryl methyl sites for hydroxylation is 2. The Morgan fingerprint density at radius 1 is 1.21 bits per heavy atom. The van der Waals surface area contributed by atoms with E-state index in [4.69, 9.17) is 0 Å². The van der Waals surface area contributed by atoms with Crippen LogP contribution in [0.3, 0.4) is 0 Å². The average Bonchev–Trinajstić information content (AvgIpc) is 3.18. The second-order valence-corrected chi connectivity index (χ2v) is 5.86. The fourth-order valence-corrected chi connectivity index (χ4v) is 3.29. The van der Waals surface area contributed by atoms with E-state index in [0.29, 0.717) is 0 Å². The van der Waals surface area contributed by atoms with Crippen LogP contribution in [0.2, 0.25) is 0 Å². The predicted octanol–water partition coefficient (Wildman–Crippen LogP) is 3.62. The molecular weight excluding hydrogens is 230 g/mol. The molecule has 1 fully saturated rings. The van der Waals surface area contributed by atoms with Crippen LogP contribution in [0.15, 0.2) is 42.6 Å². The molecule has 2 unspecified atom stereocenters. The van der Waals surface area contributed by atoms with Crippen molar-refractivity contribution in [3.63, 3.8) is 0 Å². The van der Waals surface area contributed by atoms with Crippen molar-refractivity contribution in [3.05, 3.63) is 59.3 Å². The van der Waals surface area contributed by atoms with Gasteiger partial charge in [-0.1, -0.05) is 30.4 Å². The van der Waals surface area contributed by atoms with E-state index in [0.717, 1.165) is 11.8 Å². The highest BCUT2D eigenvalue weighted by atomic mass is 14.9. The molecule has 1 aromatic heterocycles. The van der Waals surface area contributed by atoms with Crippen LogP contribution < -0.4 is 4.57 Å². The first kappa shape index (κ1) is 11.0. The number of allylic oxidation sites excluding steroid dienone is 1. The molecule has 94 valence electrons. The molecule has 2 aliphatic rings. The van der Waals surface area contributed by atoms with Crippen molar-refractivity contribution in [1.82, 2.24) is 0 Å². The summed E-state index contributed by atoms with van der Waals surface area (Å²) in [5, 5.41) is 0. The lowest BCUT2D eigenvalue weighted by molar-refractivity contribution is -0.660. The van der Waals surface area contributed by atoms with Gasteiger partial charge in [0.2, 0.25) is 5.69 Å². The Labute approximate surface area is 114 Å². The molecule has 1 nitrogen and oxygen atoms in total. The van der Waals surface area contributed by atoms with Crippen LogP contribution in [0, 0.1) is 12.8 Å². The lowest BCUT2D eigenvalue weighted by Crippen LogP contribution is -2.32. The van der Waals surface area contributed by atoms with Crippen LogP contribution in [-0.2, 0) is 7.05 Å². The van der Waals surface area contributed by atoms with Crippen LogP contribution in [0.4, 0.5) is 0 Å². The minimum Gasteiger partial charge on any atom is -0.200 e. The first-order chi connectivity index (χ1) is 9.24. The number of hydrogen-bond donors (Lipinski definition) is 0. The van der Waals surface area contributed by atoms with Crippen molar-refractivity contribution in [2.45, 2.75) is 19.3 Å². The first-order valence-electron chi connectivity index (χ1n) is 7.02. The molecule has 1 heteroatoms. The molecular formula is C18H18N+. The molecule has 1 saturated carbocycles. The van der Waals surface area contributed by atoms with Crippen molar-refractivity contribution in [1.29, 1.82) is 0 Å². The highest BCUT2D eigenvalue weighted by Gasteiger charge is 2.40. The molecule has 2 aliphatic carbocycles. The fraction of sp³-hybridized carbons (Fsp3) is 0.278. The van der Waals surface area contributed by atoms with E-state index in [2.05, 4.69) is 67.2 Å². The van der Waals surface area contributed by atoms with E-state index < -0.39 is 0 Å². The number of pyridine rings is 1. The SMILES string of the molecule is Cc1ccccc1-c1cc2c(c[n+]1C)C=CC1CC21. The van der Waals surface area contributed by atoms with Crippen LogP contribution in [0.5, 0.6) is 0 Å². The Balaban J connectivity index is 1.92. The van der Waals surface area contributed by atoms with E-state index in [1.165, 1.54) is 28.8 Å². The van der Waals surface area contributed by atoms with Gasteiger partial charge in [-0.15, -0.1) is 0 Å². The topological polar surface area (TPSA) is 3.88 Å². The average molecular weight is 248 g/mol. The maximum Gasteiger partial charge on any atom is 0.212 e. The number of nitrogens with zero attached hydrogens (tertiary/aromatic N) is 1. The van der Waals surface area contributed by atoms with Gasteiger partial charge >= 0.3 is 0 Å². The zero-order chi connectivity index (χ0) is 13.0. The van der Waals surface area contributed by atoms with Gasteiger partial charge in [-0.3, -0.25) is 0 Å². The quantitative estimate of drug-likeness (QED) is 0.679. The third-order valence-electron chi connectivity index (χ3n) is 4.52. The minimum absolute atomic E-state index is 0.781. The Kier molecular flexibility index (Phi) is 2.20.